The molecule has 0 amide bonds. The van der Waals surface area contributed by atoms with Gasteiger partial charge in [-0.3, -0.25) is 0 Å². The number of phenolic OH excluding ortho intramolecular Hbond substituents is 1. The summed E-state index contributed by atoms with van der Waals surface area (Å²) in [5.41, 5.74) is 10.5. The summed E-state index contributed by atoms with van der Waals surface area (Å²) in [5.74, 6) is 0.866. The Morgan fingerprint density at radius 2 is 1.02 bits per heavy atom. The van der Waals surface area contributed by atoms with E-state index in [-0.39, 0.29) is 16.7 Å². The first-order valence-electron chi connectivity index (χ1n) is 23.0. The molecule has 59 heavy (non-hydrogen) atoms. The summed E-state index contributed by atoms with van der Waals surface area (Å²) in [5, 5.41) is 11.7. The summed E-state index contributed by atoms with van der Waals surface area (Å²) in [6.45, 7) is 24.4. The highest BCUT2D eigenvalue weighted by Crippen LogP contribution is 2.57. The fourth-order valence-corrected chi connectivity index (χ4v) is 10.1. The van der Waals surface area contributed by atoms with Crippen molar-refractivity contribution in [1.29, 1.82) is 0 Å². The molecular weight excluding hydrogens is 744 g/mol. The van der Waals surface area contributed by atoms with E-state index in [0.29, 0.717) is 11.5 Å². The topological polar surface area (TPSA) is 69.9 Å². The minimum absolute atomic E-state index is 0.0200. The zero-order valence-electron chi connectivity index (χ0n) is 38.8. The maximum atomic E-state index is 11.7. The third-order valence-corrected chi connectivity index (χ3v) is 13.1. The Morgan fingerprint density at radius 3 is 1.56 bits per heavy atom. The second-order valence-electron chi connectivity index (χ2n) is 19.4. The first kappa shape index (κ1) is 48.5. The van der Waals surface area contributed by atoms with E-state index >= 15 is 0 Å². The van der Waals surface area contributed by atoms with Gasteiger partial charge in [-0.2, -0.15) is 0 Å². The predicted molar refractivity (Wildman–Crippen MR) is 253 cm³/mol. The van der Waals surface area contributed by atoms with Crippen LogP contribution in [0.4, 0.5) is 0 Å². The molecule has 4 nitrogen and oxygen atoms in total. The fourth-order valence-electron chi connectivity index (χ4n) is 9.75. The largest absolute Gasteiger partial charge is 0.508 e. The summed E-state index contributed by atoms with van der Waals surface area (Å²) in [7, 11) is -2.62. The molecule has 5 heteroatoms. The number of benzene rings is 4. The summed E-state index contributed by atoms with van der Waals surface area (Å²) >= 11 is 0. The van der Waals surface area contributed by atoms with Gasteiger partial charge in [0, 0.05) is 11.5 Å². The standard InChI is InChI=1S/C54H79O4P/c1-12-15-17-19-21-23-29-41-30-25-27-33-43(41)44(14-3)54(46-37-48(52(6,7)8)50(55)35-39(46)4,45-34-28-26-32-42(45)31-24-22-20-18-16-13-2)47-38-49(53(9,10)11)51(36-40(47)5)58-59(56)57/h25-28,30,32-38,44,55-57H,12-24,29,31H2,1-11H3. The van der Waals surface area contributed by atoms with E-state index in [2.05, 4.69) is 143 Å². The lowest BCUT2D eigenvalue weighted by Crippen LogP contribution is -2.40. The van der Waals surface area contributed by atoms with Crippen LogP contribution < -0.4 is 4.52 Å². The zero-order chi connectivity index (χ0) is 43.4. The molecule has 0 radical (unpaired) electrons. The van der Waals surface area contributed by atoms with Crippen LogP contribution in [0.5, 0.6) is 11.5 Å². The van der Waals surface area contributed by atoms with Crippen molar-refractivity contribution in [2.24, 2.45) is 0 Å². The van der Waals surface area contributed by atoms with Crippen molar-refractivity contribution in [3.63, 3.8) is 0 Å². The molecule has 2 atom stereocenters. The van der Waals surface area contributed by atoms with Crippen LogP contribution in [0.1, 0.15) is 207 Å². The maximum Gasteiger partial charge on any atom is 0.391 e. The van der Waals surface area contributed by atoms with Crippen LogP contribution in [0.15, 0.2) is 72.8 Å². The monoisotopic (exact) mass is 823 g/mol. The minimum Gasteiger partial charge on any atom is -0.508 e. The maximum absolute atomic E-state index is 11.7. The molecule has 0 aliphatic carbocycles. The Morgan fingerprint density at radius 1 is 0.542 bits per heavy atom. The summed E-state index contributed by atoms with van der Waals surface area (Å²) in [6.07, 6.45) is 17.8. The van der Waals surface area contributed by atoms with Crippen LogP contribution in [0.2, 0.25) is 0 Å². The Kier molecular flexibility index (Phi) is 18.1. The van der Waals surface area contributed by atoms with Crippen LogP contribution in [0.25, 0.3) is 0 Å². The van der Waals surface area contributed by atoms with Gasteiger partial charge in [-0.05, 0) is 119 Å². The van der Waals surface area contributed by atoms with Crippen LogP contribution in [-0.2, 0) is 29.1 Å². The highest BCUT2D eigenvalue weighted by molar-refractivity contribution is 7.39. The molecule has 0 aliphatic heterocycles. The van der Waals surface area contributed by atoms with E-state index in [1.54, 1.807) is 0 Å². The smallest absolute Gasteiger partial charge is 0.391 e. The van der Waals surface area contributed by atoms with Crippen LogP contribution >= 0.6 is 8.60 Å². The Hall–Kier alpha value is -3.17. The van der Waals surface area contributed by atoms with Crippen molar-refractivity contribution in [1.82, 2.24) is 0 Å². The SMILES string of the molecule is CCCCCCCCc1ccccc1C(CC)C(c1cc(C(C)(C)C)c(O)cc1C)(c1cc(C(C)(C)C)c(OP(O)O)cc1C)c1ccccc1CCCCCCCC. The Bertz CT molecular complexity index is 1910. The Labute approximate surface area is 361 Å². The number of rotatable bonds is 22. The summed E-state index contributed by atoms with van der Waals surface area (Å²) in [6, 6.07) is 27.2. The lowest BCUT2D eigenvalue weighted by molar-refractivity contribution is 0.369. The number of unbranched alkanes of at least 4 members (excludes halogenated alkanes) is 10. The van der Waals surface area contributed by atoms with Gasteiger partial charge in [0.25, 0.3) is 0 Å². The van der Waals surface area contributed by atoms with Gasteiger partial charge >= 0.3 is 8.60 Å². The molecule has 0 spiro atoms. The second kappa shape index (κ2) is 22.1. The molecule has 0 saturated carbocycles. The van der Waals surface area contributed by atoms with Gasteiger partial charge in [0.05, 0.1) is 5.41 Å². The second-order valence-corrected chi connectivity index (χ2v) is 20.0. The average Bonchev–Trinajstić information content (AvgIpc) is 3.16. The van der Waals surface area contributed by atoms with E-state index in [4.69, 9.17) is 4.52 Å². The van der Waals surface area contributed by atoms with E-state index in [0.717, 1.165) is 54.4 Å². The van der Waals surface area contributed by atoms with E-state index in [1.165, 1.54) is 97.6 Å². The first-order valence-corrected chi connectivity index (χ1v) is 24.2. The van der Waals surface area contributed by atoms with E-state index in [1.807, 2.05) is 6.07 Å². The highest BCUT2D eigenvalue weighted by Gasteiger charge is 2.48. The molecule has 0 fully saturated rings. The molecule has 0 aromatic heterocycles. The summed E-state index contributed by atoms with van der Waals surface area (Å²) < 4.78 is 5.86. The summed E-state index contributed by atoms with van der Waals surface area (Å²) in [4.78, 5) is 20.5. The molecule has 3 N–H and O–H groups in total. The molecule has 0 heterocycles. The molecule has 4 rings (SSSR count). The van der Waals surface area contributed by atoms with Crippen molar-refractivity contribution < 1.29 is 19.4 Å². The molecule has 0 aliphatic rings. The van der Waals surface area contributed by atoms with Crippen molar-refractivity contribution in [3.8, 4) is 11.5 Å². The average molecular weight is 823 g/mol. The van der Waals surface area contributed by atoms with Gasteiger partial charge in [-0.1, -0.05) is 187 Å². The molecule has 4 aromatic rings. The number of hydrogen-bond donors (Lipinski definition) is 3. The lowest BCUT2D eigenvalue weighted by Gasteiger charge is -2.47. The number of phenols is 1. The van der Waals surface area contributed by atoms with Gasteiger partial charge in [-0.25, -0.2) is 0 Å². The van der Waals surface area contributed by atoms with Gasteiger partial charge < -0.3 is 19.4 Å². The molecule has 2 unspecified atom stereocenters. The van der Waals surface area contributed by atoms with Crippen molar-refractivity contribution in [2.45, 2.75) is 195 Å². The minimum atomic E-state index is -2.62. The Balaban J connectivity index is 2.21. The molecule has 324 valence electrons. The van der Waals surface area contributed by atoms with E-state index in [9.17, 15) is 14.9 Å². The molecular formula is C54H79O4P. The molecule has 4 aromatic carbocycles. The fraction of sp³-hybridized carbons (Fsp3) is 0.556. The zero-order valence-corrected chi connectivity index (χ0v) is 39.7. The van der Waals surface area contributed by atoms with Crippen molar-refractivity contribution in [3.05, 3.63) is 128 Å². The van der Waals surface area contributed by atoms with Crippen LogP contribution in [-0.4, -0.2) is 14.9 Å². The number of aryl methyl sites for hydroxylation is 4. The van der Waals surface area contributed by atoms with Crippen LogP contribution in [0.3, 0.4) is 0 Å². The van der Waals surface area contributed by atoms with Crippen molar-refractivity contribution >= 4 is 8.60 Å². The van der Waals surface area contributed by atoms with E-state index < -0.39 is 14.0 Å². The number of aromatic hydroxyl groups is 1. The third kappa shape index (κ3) is 12.0. The molecule has 0 saturated heterocycles. The van der Waals surface area contributed by atoms with Crippen molar-refractivity contribution in [2.75, 3.05) is 0 Å². The van der Waals surface area contributed by atoms with Gasteiger partial charge in [-0.15, -0.1) is 0 Å². The van der Waals surface area contributed by atoms with Gasteiger partial charge in [0.15, 0.2) is 0 Å². The highest BCUT2D eigenvalue weighted by atomic mass is 31.2. The van der Waals surface area contributed by atoms with Gasteiger partial charge in [0.1, 0.15) is 11.5 Å². The van der Waals surface area contributed by atoms with Gasteiger partial charge in [0.2, 0.25) is 0 Å². The molecule has 0 bridgehead atoms. The first-order chi connectivity index (χ1) is 28.0. The lowest BCUT2D eigenvalue weighted by atomic mass is 9.55. The third-order valence-electron chi connectivity index (χ3n) is 12.7. The predicted octanol–water partition coefficient (Wildman–Crippen LogP) is 15.5. The quantitative estimate of drug-likeness (QED) is 0.0419. The normalized spacial score (nSPS) is 13.8. The van der Waals surface area contributed by atoms with Crippen LogP contribution in [0, 0.1) is 13.8 Å². The number of hydrogen-bond acceptors (Lipinski definition) is 4.